The molecule has 0 bridgehead atoms. The molecule has 0 unspecified atom stereocenters. The Morgan fingerprint density at radius 3 is 2.75 bits per heavy atom. The molecule has 2 nitrogen and oxygen atoms in total. The van der Waals surface area contributed by atoms with Crippen molar-refractivity contribution in [1.82, 2.24) is 0 Å². The lowest BCUT2D eigenvalue weighted by molar-refractivity contribution is 0.278. The highest BCUT2D eigenvalue weighted by molar-refractivity contribution is 5.37. The topological polar surface area (TPSA) is 29.5 Å². The van der Waals surface area contributed by atoms with Gasteiger partial charge in [-0.1, -0.05) is 19.4 Å². The van der Waals surface area contributed by atoms with Crippen LogP contribution in [0.3, 0.4) is 0 Å². The van der Waals surface area contributed by atoms with Crippen molar-refractivity contribution in [3.05, 3.63) is 29.3 Å². The molecule has 2 rings (SSSR count). The Balaban J connectivity index is 2.06. The fourth-order valence-corrected chi connectivity index (χ4v) is 1.85. The van der Waals surface area contributed by atoms with Crippen LogP contribution in [-0.2, 0) is 6.61 Å². The lowest BCUT2D eigenvalue weighted by Gasteiger charge is -2.09. The summed E-state index contributed by atoms with van der Waals surface area (Å²) in [6.45, 7) is 3.03. The van der Waals surface area contributed by atoms with E-state index < -0.39 is 0 Å². The van der Waals surface area contributed by atoms with E-state index in [1.165, 1.54) is 18.4 Å². The quantitative estimate of drug-likeness (QED) is 0.746. The average molecular weight is 220 g/mol. The molecule has 0 aromatic heterocycles. The van der Waals surface area contributed by atoms with Crippen molar-refractivity contribution in [3.63, 3.8) is 0 Å². The number of aliphatic hydroxyl groups is 1. The summed E-state index contributed by atoms with van der Waals surface area (Å²) in [5, 5.41) is 9.20. The first kappa shape index (κ1) is 11.5. The molecular formula is C14H20O2. The standard InChI is InChI=1S/C14H20O2/c1-2-3-6-16-14-8-11(10-15)7-13(9-14)12-4-5-12/h7-9,12,15H,2-6,10H2,1H3. The predicted molar refractivity (Wildman–Crippen MR) is 64.7 cm³/mol. The average Bonchev–Trinajstić information content (AvgIpc) is 3.13. The van der Waals surface area contributed by atoms with Crippen molar-refractivity contribution < 1.29 is 9.84 Å². The van der Waals surface area contributed by atoms with Crippen molar-refractivity contribution in [2.24, 2.45) is 0 Å². The Morgan fingerprint density at radius 2 is 2.12 bits per heavy atom. The number of hydrogen-bond acceptors (Lipinski definition) is 2. The molecule has 1 aromatic rings. The maximum Gasteiger partial charge on any atom is 0.119 e. The number of unbranched alkanes of at least 4 members (excludes halogenated alkanes) is 1. The molecule has 1 aliphatic rings. The fourth-order valence-electron chi connectivity index (χ4n) is 1.85. The summed E-state index contributed by atoms with van der Waals surface area (Å²) >= 11 is 0. The third-order valence-corrected chi connectivity index (χ3v) is 2.99. The van der Waals surface area contributed by atoms with Gasteiger partial charge < -0.3 is 9.84 Å². The van der Waals surface area contributed by atoms with E-state index in [9.17, 15) is 5.11 Å². The second-order valence-corrected chi connectivity index (χ2v) is 4.54. The molecule has 2 heteroatoms. The van der Waals surface area contributed by atoms with Crippen LogP contribution < -0.4 is 4.74 Å². The summed E-state index contributed by atoms with van der Waals surface area (Å²) in [6.07, 6.45) is 4.80. The number of hydrogen-bond donors (Lipinski definition) is 1. The Labute approximate surface area is 97.3 Å². The van der Waals surface area contributed by atoms with Crippen LogP contribution in [0.4, 0.5) is 0 Å². The maximum atomic E-state index is 9.20. The minimum atomic E-state index is 0.102. The summed E-state index contributed by atoms with van der Waals surface area (Å²) < 4.78 is 5.70. The number of rotatable bonds is 6. The monoisotopic (exact) mass is 220 g/mol. The second kappa shape index (κ2) is 5.35. The lowest BCUT2D eigenvalue weighted by atomic mass is 10.1. The first-order valence-corrected chi connectivity index (χ1v) is 6.21. The van der Waals surface area contributed by atoms with E-state index in [0.717, 1.165) is 30.8 Å². The lowest BCUT2D eigenvalue weighted by Crippen LogP contribution is -1.98. The minimum Gasteiger partial charge on any atom is -0.494 e. The zero-order valence-electron chi connectivity index (χ0n) is 9.91. The Morgan fingerprint density at radius 1 is 1.31 bits per heavy atom. The van der Waals surface area contributed by atoms with Gasteiger partial charge in [0.1, 0.15) is 5.75 Å². The summed E-state index contributed by atoms with van der Waals surface area (Å²) in [5.41, 5.74) is 2.30. The SMILES string of the molecule is CCCCOc1cc(CO)cc(C2CC2)c1. The molecule has 1 saturated carbocycles. The molecule has 16 heavy (non-hydrogen) atoms. The van der Waals surface area contributed by atoms with Gasteiger partial charge in [-0.05, 0) is 48.4 Å². The van der Waals surface area contributed by atoms with Crippen molar-refractivity contribution >= 4 is 0 Å². The van der Waals surface area contributed by atoms with Gasteiger partial charge in [-0.3, -0.25) is 0 Å². The Kier molecular flexibility index (Phi) is 3.83. The summed E-state index contributed by atoms with van der Waals surface area (Å²) in [4.78, 5) is 0. The first-order valence-electron chi connectivity index (χ1n) is 6.21. The highest BCUT2D eigenvalue weighted by atomic mass is 16.5. The van der Waals surface area contributed by atoms with Crippen LogP contribution in [0.15, 0.2) is 18.2 Å². The molecule has 1 N–H and O–H groups in total. The minimum absolute atomic E-state index is 0.102. The van der Waals surface area contributed by atoms with Crippen LogP contribution in [-0.4, -0.2) is 11.7 Å². The van der Waals surface area contributed by atoms with Crippen molar-refractivity contribution in [3.8, 4) is 5.75 Å². The fraction of sp³-hybridized carbons (Fsp3) is 0.571. The van der Waals surface area contributed by atoms with Gasteiger partial charge >= 0.3 is 0 Å². The molecule has 0 saturated heterocycles. The van der Waals surface area contributed by atoms with Gasteiger partial charge in [-0.2, -0.15) is 0 Å². The molecule has 1 fully saturated rings. The highest BCUT2D eigenvalue weighted by Crippen LogP contribution is 2.41. The van der Waals surface area contributed by atoms with Gasteiger partial charge in [-0.25, -0.2) is 0 Å². The van der Waals surface area contributed by atoms with E-state index in [1.807, 2.05) is 6.07 Å². The molecule has 1 aliphatic carbocycles. The summed E-state index contributed by atoms with van der Waals surface area (Å²) in [5.74, 6) is 1.63. The number of aliphatic hydroxyl groups excluding tert-OH is 1. The van der Waals surface area contributed by atoms with Crippen LogP contribution in [0.2, 0.25) is 0 Å². The van der Waals surface area contributed by atoms with E-state index in [2.05, 4.69) is 19.1 Å². The third kappa shape index (κ3) is 2.99. The van der Waals surface area contributed by atoms with Crippen LogP contribution in [0.5, 0.6) is 5.75 Å². The van der Waals surface area contributed by atoms with Gasteiger partial charge in [0.05, 0.1) is 13.2 Å². The molecule has 1 aromatic carbocycles. The van der Waals surface area contributed by atoms with Crippen LogP contribution in [0, 0.1) is 0 Å². The molecule has 0 atom stereocenters. The molecule has 0 spiro atoms. The van der Waals surface area contributed by atoms with Gasteiger partial charge in [-0.15, -0.1) is 0 Å². The first-order chi connectivity index (χ1) is 7.83. The van der Waals surface area contributed by atoms with Crippen molar-refractivity contribution in [2.75, 3.05) is 6.61 Å². The largest absolute Gasteiger partial charge is 0.494 e. The van der Waals surface area contributed by atoms with E-state index in [4.69, 9.17) is 4.74 Å². The van der Waals surface area contributed by atoms with Crippen LogP contribution >= 0.6 is 0 Å². The Bertz CT molecular complexity index is 343. The Hall–Kier alpha value is -1.02. The maximum absolute atomic E-state index is 9.20. The molecular weight excluding hydrogens is 200 g/mol. The smallest absolute Gasteiger partial charge is 0.119 e. The van der Waals surface area contributed by atoms with Gasteiger partial charge in [0, 0.05) is 0 Å². The van der Waals surface area contributed by atoms with Crippen molar-refractivity contribution in [1.29, 1.82) is 0 Å². The zero-order chi connectivity index (χ0) is 11.4. The molecule has 0 radical (unpaired) electrons. The molecule has 0 heterocycles. The van der Waals surface area contributed by atoms with Crippen molar-refractivity contribution in [2.45, 2.75) is 45.1 Å². The van der Waals surface area contributed by atoms with E-state index in [1.54, 1.807) is 0 Å². The van der Waals surface area contributed by atoms with Crippen LogP contribution in [0.25, 0.3) is 0 Å². The van der Waals surface area contributed by atoms with E-state index >= 15 is 0 Å². The number of benzene rings is 1. The van der Waals surface area contributed by atoms with E-state index in [-0.39, 0.29) is 6.61 Å². The molecule has 88 valence electrons. The predicted octanol–water partition coefficient (Wildman–Crippen LogP) is 3.24. The second-order valence-electron chi connectivity index (χ2n) is 4.54. The van der Waals surface area contributed by atoms with Gasteiger partial charge in [0.2, 0.25) is 0 Å². The molecule has 0 aliphatic heterocycles. The van der Waals surface area contributed by atoms with Crippen LogP contribution in [0.1, 0.15) is 49.7 Å². The number of ether oxygens (including phenoxy) is 1. The highest BCUT2D eigenvalue weighted by Gasteiger charge is 2.24. The zero-order valence-corrected chi connectivity index (χ0v) is 9.91. The summed E-state index contributed by atoms with van der Waals surface area (Å²) in [7, 11) is 0. The third-order valence-electron chi connectivity index (χ3n) is 2.99. The molecule has 0 amide bonds. The van der Waals surface area contributed by atoms with E-state index in [0.29, 0.717) is 5.92 Å². The normalized spacial score (nSPS) is 15.1. The van der Waals surface area contributed by atoms with Gasteiger partial charge in [0.25, 0.3) is 0 Å². The van der Waals surface area contributed by atoms with Gasteiger partial charge in [0.15, 0.2) is 0 Å². The summed E-state index contributed by atoms with van der Waals surface area (Å²) in [6, 6.07) is 6.18.